The Morgan fingerprint density at radius 2 is 1.90 bits per heavy atom. The van der Waals surface area contributed by atoms with Gasteiger partial charge < -0.3 is 14.0 Å². The molecule has 0 saturated heterocycles. The molecule has 0 N–H and O–H groups in total. The number of ether oxygens (including phenoxy) is 2. The van der Waals surface area contributed by atoms with Gasteiger partial charge in [0.05, 0.1) is 18.4 Å². The fraction of sp³-hybridized carbons (Fsp3) is 0.182. The Morgan fingerprint density at radius 3 is 2.70 bits per heavy atom. The quantitative estimate of drug-likeness (QED) is 0.474. The SMILES string of the molecule is COC(=O)c1cn(CC(=O)OCc2cc(=O)n3cc(C)ccc3n2)c2ccccc12. The van der Waals surface area contributed by atoms with Crippen molar-refractivity contribution in [3.05, 3.63) is 82.0 Å². The molecule has 1 aromatic carbocycles. The third-order valence-electron chi connectivity index (χ3n) is 4.73. The van der Waals surface area contributed by atoms with Crippen LogP contribution in [0.1, 0.15) is 21.6 Å². The van der Waals surface area contributed by atoms with Crippen molar-refractivity contribution in [1.29, 1.82) is 0 Å². The molecule has 0 atom stereocenters. The number of esters is 2. The van der Waals surface area contributed by atoms with E-state index in [1.165, 1.54) is 17.6 Å². The molecular formula is C22H19N3O5. The number of carbonyl (C=O) groups is 2. The normalized spacial score (nSPS) is 11.0. The summed E-state index contributed by atoms with van der Waals surface area (Å²) in [5.41, 5.74) is 2.64. The molecule has 8 nitrogen and oxygen atoms in total. The Kier molecular flexibility index (Phi) is 5.05. The van der Waals surface area contributed by atoms with Crippen LogP contribution in [0.4, 0.5) is 0 Å². The summed E-state index contributed by atoms with van der Waals surface area (Å²) in [5.74, 6) is -0.993. The predicted molar refractivity (Wildman–Crippen MR) is 109 cm³/mol. The van der Waals surface area contributed by atoms with Gasteiger partial charge in [-0.05, 0) is 24.6 Å². The number of rotatable bonds is 5. The number of hydrogen-bond acceptors (Lipinski definition) is 6. The number of hydrogen-bond donors (Lipinski definition) is 0. The molecule has 0 saturated carbocycles. The minimum Gasteiger partial charge on any atom is -0.465 e. The first-order chi connectivity index (χ1) is 14.5. The van der Waals surface area contributed by atoms with E-state index in [9.17, 15) is 14.4 Å². The van der Waals surface area contributed by atoms with E-state index in [1.54, 1.807) is 29.1 Å². The standard InChI is InChI=1S/C22H19N3O5/c1-14-7-8-19-23-15(9-20(26)25(19)10-14)13-30-21(27)12-24-11-17(22(28)29-2)16-5-3-4-6-18(16)24/h3-11H,12-13H2,1-2H3. The fourth-order valence-electron chi connectivity index (χ4n) is 3.32. The molecule has 0 aliphatic heterocycles. The van der Waals surface area contributed by atoms with E-state index < -0.39 is 11.9 Å². The van der Waals surface area contributed by atoms with Gasteiger partial charge in [-0.15, -0.1) is 0 Å². The molecule has 0 radical (unpaired) electrons. The van der Waals surface area contributed by atoms with Crippen LogP contribution in [0.15, 0.2) is 59.7 Å². The molecule has 0 aliphatic carbocycles. The summed E-state index contributed by atoms with van der Waals surface area (Å²) in [5, 5.41) is 0.691. The minimum absolute atomic E-state index is 0.0940. The highest BCUT2D eigenvalue weighted by atomic mass is 16.5. The fourth-order valence-corrected chi connectivity index (χ4v) is 3.32. The van der Waals surface area contributed by atoms with Gasteiger partial charge in [0.25, 0.3) is 5.56 Å². The van der Waals surface area contributed by atoms with Crippen LogP contribution in [-0.4, -0.2) is 33.0 Å². The lowest BCUT2D eigenvalue weighted by Crippen LogP contribution is -2.18. The average molecular weight is 405 g/mol. The topological polar surface area (TPSA) is 91.9 Å². The smallest absolute Gasteiger partial charge is 0.340 e. The van der Waals surface area contributed by atoms with Gasteiger partial charge in [0.1, 0.15) is 18.8 Å². The lowest BCUT2D eigenvalue weighted by atomic mass is 10.2. The van der Waals surface area contributed by atoms with Gasteiger partial charge in [0, 0.05) is 29.4 Å². The van der Waals surface area contributed by atoms with E-state index in [2.05, 4.69) is 4.98 Å². The molecule has 0 bridgehead atoms. The van der Waals surface area contributed by atoms with E-state index in [-0.39, 0.29) is 18.7 Å². The molecule has 3 heterocycles. The van der Waals surface area contributed by atoms with Crippen molar-refractivity contribution in [3.8, 4) is 0 Å². The molecule has 3 aromatic heterocycles. The lowest BCUT2D eigenvalue weighted by molar-refractivity contribution is -0.145. The molecule has 0 spiro atoms. The first-order valence-electron chi connectivity index (χ1n) is 9.27. The first kappa shape index (κ1) is 19.4. The summed E-state index contributed by atoms with van der Waals surface area (Å²) in [6.45, 7) is 1.67. The Hall–Kier alpha value is -3.94. The maximum absolute atomic E-state index is 12.4. The highest BCUT2D eigenvalue weighted by Crippen LogP contribution is 2.22. The molecule has 8 heteroatoms. The maximum Gasteiger partial charge on any atom is 0.340 e. The van der Waals surface area contributed by atoms with Crippen LogP contribution < -0.4 is 5.56 Å². The second-order valence-electron chi connectivity index (χ2n) is 6.86. The second kappa shape index (κ2) is 7.82. The van der Waals surface area contributed by atoms with Gasteiger partial charge in [-0.2, -0.15) is 0 Å². The van der Waals surface area contributed by atoms with Crippen molar-refractivity contribution in [2.45, 2.75) is 20.1 Å². The van der Waals surface area contributed by atoms with Gasteiger partial charge in [0.15, 0.2) is 0 Å². The first-order valence-corrected chi connectivity index (χ1v) is 9.27. The summed E-state index contributed by atoms with van der Waals surface area (Å²) in [7, 11) is 1.31. The van der Waals surface area contributed by atoms with Crippen molar-refractivity contribution in [3.63, 3.8) is 0 Å². The molecule has 0 amide bonds. The van der Waals surface area contributed by atoms with Crippen molar-refractivity contribution in [1.82, 2.24) is 14.0 Å². The van der Waals surface area contributed by atoms with E-state index in [0.717, 1.165) is 5.56 Å². The van der Waals surface area contributed by atoms with Gasteiger partial charge in [0.2, 0.25) is 0 Å². The number of aromatic nitrogens is 3. The Labute approximate surface area is 171 Å². The zero-order valence-corrected chi connectivity index (χ0v) is 16.5. The molecule has 4 aromatic rings. The summed E-state index contributed by atoms with van der Waals surface area (Å²) < 4.78 is 13.2. The van der Waals surface area contributed by atoms with Crippen molar-refractivity contribution in [2.24, 2.45) is 0 Å². The zero-order valence-electron chi connectivity index (χ0n) is 16.5. The van der Waals surface area contributed by atoms with Crippen LogP contribution in [0, 0.1) is 6.92 Å². The number of nitrogens with zero attached hydrogens (tertiary/aromatic N) is 3. The van der Waals surface area contributed by atoms with Gasteiger partial charge in [-0.3, -0.25) is 14.0 Å². The number of aryl methyl sites for hydroxylation is 1. The lowest BCUT2D eigenvalue weighted by Gasteiger charge is -2.08. The predicted octanol–water partition coefficient (Wildman–Crippen LogP) is 2.49. The van der Waals surface area contributed by atoms with Crippen LogP contribution >= 0.6 is 0 Å². The molecule has 4 rings (SSSR count). The van der Waals surface area contributed by atoms with Crippen LogP contribution in [0.2, 0.25) is 0 Å². The summed E-state index contributed by atoms with van der Waals surface area (Å²) in [4.78, 5) is 41.0. The third-order valence-corrected chi connectivity index (χ3v) is 4.73. The van der Waals surface area contributed by atoms with E-state index in [4.69, 9.17) is 9.47 Å². The summed E-state index contributed by atoms with van der Waals surface area (Å²) in [6.07, 6.45) is 3.28. The molecule has 152 valence electrons. The number of pyridine rings is 1. The highest BCUT2D eigenvalue weighted by molar-refractivity contribution is 6.04. The number of carbonyl (C=O) groups excluding carboxylic acids is 2. The van der Waals surface area contributed by atoms with Crippen molar-refractivity contribution >= 4 is 28.5 Å². The van der Waals surface area contributed by atoms with E-state index >= 15 is 0 Å². The largest absolute Gasteiger partial charge is 0.465 e. The number of fused-ring (bicyclic) bond motifs is 2. The molecular weight excluding hydrogens is 386 g/mol. The Bertz CT molecular complexity index is 1340. The van der Waals surface area contributed by atoms with Crippen molar-refractivity contribution in [2.75, 3.05) is 7.11 Å². The number of para-hydroxylation sites is 1. The molecule has 0 fully saturated rings. The van der Waals surface area contributed by atoms with Gasteiger partial charge in [-0.25, -0.2) is 9.78 Å². The molecule has 0 aliphatic rings. The van der Waals surface area contributed by atoms with Crippen LogP contribution in [-0.2, 0) is 27.4 Å². The van der Waals surface area contributed by atoms with E-state index in [0.29, 0.717) is 27.8 Å². The average Bonchev–Trinajstić information content (AvgIpc) is 3.11. The Morgan fingerprint density at radius 1 is 1.10 bits per heavy atom. The maximum atomic E-state index is 12.4. The zero-order chi connectivity index (χ0) is 21.3. The van der Waals surface area contributed by atoms with E-state index in [1.807, 2.05) is 31.2 Å². The van der Waals surface area contributed by atoms with Gasteiger partial charge in [-0.1, -0.05) is 24.3 Å². The minimum atomic E-state index is -0.516. The molecule has 30 heavy (non-hydrogen) atoms. The second-order valence-corrected chi connectivity index (χ2v) is 6.86. The molecule has 0 unspecified atom stereocenters. The summed E-state index contributed by atoms with van der Waals surface area (Å²) in [6, 6.07) is 12.2. The highest BCUT2D eigenvalue weighted by Gasteiger charge is 2.17. The summed E-state index contributed by atoms with van der Waals surface area (Å²) >= 11 is 0. The van der Waals surface area contributed by atoms with Crippen molar-refractivity contribution < 1.29 is 19.1 Å². The van der Waals surface area contributed by atoms with Crippen LogP contribution in [0.5, 0.6) is 0 Å². The monoisotopic (exact) mass is 405 g/mol. The van der Waals surface area contributed by atoms with Crippen LogP contribution in [0.25, 0.3) is 16.6 Å². The number of benzene rings is 1. The van der Waals surface area contributed by atoms with Gasteiger partial charge >= 0.3 is 11.9 Å². The Balaban J connectivity index is 1.52. The number of methoxy groups -OCH3 is 1. The van der Waals surface area contributed by atoms with Crippen LogP contribution in [0.3, 0.4) is 0 Å². The third kappa shape index (κ3) is 3.67.